The van der Waals surface area contributed by atoms with Crippen LogP contribution in [0.1, 0.15) is 42.2 Å². The number of alkyl halides is 3. The van der Waals surface area contributed by atoms with Gasteiger partial charge in [-0.1, -0.05) is 41.9 Å². The van der Waals surface area contributed by atoms with Crippen molar-refractivity contribution in [3.8, 4) is 0 Å². The van der Waals surface area contributed by atoms with E-state index in [-0.39, 0.29) is 33.9 Å². The summed E-state index contributed by atoms with van der Waals surface area (Å²) in [5.74, 6) is -2.97. The van der Waals surface area contributed by atoms with Crippen molar-refractivity contribution >= 4 is 41.0 Å². The lowest BCUT2D eigenvalue weighted by atomic mass is 10.1. The maximum Gasteiger partial charge on any atom is 0.416 e. The largest absolute Gasteiger partial charge is 0.452 e. The standard InChI is InChI=1S/C25H16ClF3N2O5/c26-19-9-7-16(25(27,28)29)11-20(19)30-21(32)13-36-24(35)15-6-8-17-18(10-15)23(34)31(22(17)33)12-14-4-2-1-3-5-14/h1-11H,12-13H2,(H,30,32). The van der Waals surface area contributed by atoms with Crippen molar-refractivity contribution in [1.82, 2.24) is 4.90 Å². The molecule has 3 aromatic rings. The third-order valence-electron chi connectivity index (χ3n) is 5.29. The fourth-order valence-electron chi connectivity index (χ4n) is 3.53. The van der Waals surface area contributed by atoms with Gasteiger partial charge in [0.25, 0.3) is 17.7 Å². The summed E-state index contributed by atoms with van der Waals surface area (Å²) < 4.78 is 43.6. The number of nitrogens with one attached hydrogen (secondary N) is 1. The number of esters is 1. The number of halogens is 4. The number of fused-ring (bicyclic) bond motifs is 1. The minimum absolute atomic E-state index is 0.0191. The summed E-state index contributed by atoms with van der Waals surface area (Å²) in [6.45, 7) is -0.763. The van der Waals surface area contributed by atoms with Crippen molar-refractivity contribution in [2.75, 3.05) is 11.9 Å². The molecule has 11 heteroatoms. The number of anilines is 1. The SMILES string of the molecule is O=C(COC(=O)c1ccc2c(c1)C(=O)N(Cc1ccccc1)C2=O)Nc1cc(C(F)(F)F)ccc1Cl. The van der Waals surface area contributed by atoms with Crippen LogP contribution >= 0.6 is 11.6 Å². The van der Waals surface area contributed by atoms with Gasteiger partial charge in [-0.15, -0.1) is 0 Å². The van der Waals surface area contributed by atoms with Crippen LogP contribution in [0.2, 0.25) is 5.02 Å². The van der Waals surface area contributed by atoms with Gasteiger partial charge in [0.2, 0.25) is 0 Å². The topological polar surface area (TPSA) is 92.8 Å². The van der Waals surface area contributed by atoms with Gasteiger partial charge in [0.1, 0.15) is 0 Å². The highest BCUT2D eigenvalue weighted by molar-refractivity contribution is 6.33. The Labute approximate surface area is 207 Å². The van der Waals surface area contributed by atoms with Crippen LogP contribution in [0.5, 0.6) is 0 Å². The summed E-state index contributed by atoms with van der Waals surface area (Å²) in [6.07, 6.45) is -4.64. The number of hydrogen-bond donors (Lipinski definition) is 1. The van der Waals surface area contributed by atoms with Gasteiger partial charge in [-0.2, -0.15) is 13.2 Å². The molecule has 4 rings (SSSR count). The summed E-state index contributed by atoms with van der Waals surface area (Å²) in [6, 6.07) is 15.1. The van der Waals surface area contributed by atoms with Gasteiger partial charge in [-0.25, -0.2) is 4.79 Å². The van der Waals surface area contributed by atoms with Gasteiger partial charge in [0, 0.05) is 0 Å². The molecular weight excluding hydrogens is 501 g/mol. The quantitative estimate of drug-likeness (QED) is 0.370. The first-order valence-corrected chi connectivity index (χ1v) is 10.8. The number of carbonyl (C=O) groups is 4. The van der Waals surface area contributed by atoms with E-state index in [2.05, 4.69) is 5.32 Å². The number of benzene rings is 3. The maximum absolute atomic E-state index is 12.9. The smallest absolute Gasteiger partial charge is 0.416 e. The van der Waals surface area contributed by atoms with Crippen LogP contribution in [0.4, 0.5) is 18.9 Å². The second-order valence-corrected chi connectivity index (χ2v) is 8.17. The molecule has 0 unspecified atom stereocenters. The van der Waals surface area contributed by atoms with Crippen LogP contribution in [-0.2, 0) is 22.3 Å². The molecule has 0 radical (unpaired) electrons. The predicted molar refractivity (Wildman–Crippen MR) is 122 cm³/mol. The van der Waals surface area contributed by atoms with E-state index in [1.807, 2.05) is 0 Å². The van der Waals surface area contributed by atoms with Crippen molar-refractivity contribution in [3.05, 3.63) is 99.6 Å². The maximum atomic E-state index is 12.9. The summed E-state index contributed by atoms with van der Waals surface area (Å²) in [5.41, 5.74) is -0.500. The van der Waals surface area contributed by atoms with Gasteiger partial charge in [0.05, 0.1) is 39.5 Å². The van der Waals surface area contributed by atoms with E-state index in [0.717, 1.165) is 22.6 Å². The van der Waals surface area contributed by atoms with E-state index >= 15 is 0 Å². The summed E-state index contributed by atoms with van der Waals surface area (Å²) in [5, 5.41) is 2.02. The molecule has 0 atom stereocenters. The van der Waals surface area contributed by atoms with Crippen molar-refractivity contribution < 1.29 is 37.1 Å². The molecule has 0 fully saturated rings. The number of hydrogen-bond acceptors (Lipinski definition) is 5. The average molecular weight is 517 g/mol. The fourth-order valence-corrected chi connectivity index (χ4v) is 3.69. The van der Waals surface area contributed by atoms with Gasteiger partial charge < -0.3 is 10.1 Å². The van der Waals surface area contributed by atoms with Gasteiger partial charge in [0.15, 0.2) is 6.61 Å². The van der Waals surface area contributed by atoms with E-state index in [1.165, 1.54) is 18.2 Å². The number of imide groups is 1. The Morgan fingerprint density at radius 3 is 2.31 bits per heavy atom. The molecule has 36 heavy (non-hydrogen) atoms. The molecule has 1 N–H and O–H groups in total. The Bertz CT molecular complexity index is 1380. The van der Waals surface area contributed by atoms with E-state index in [4.69, 9.17) is 16.3 Å². The van der Waals surface area contributed by atoms with Crippen LogP contribution < -0.4 is 5.32 Å². The Kier molecular flexibility index (Phi) is 6.80. The first-order valence-electron chi connectivity index (χ1n) is 10.4. The average Bonchev–Trinajstić information content (AvgIpc) is 3.08. The molecule has 0 spiro atoms. The van der Waals surface area contributed by atoms with Crippen molar-refractivity contribution in [2.24, 2.45) is 0 Å². The minimum atomic E-state index is -4.64. The van der Waals surface area contributed by atoms with Crippen LogP contribution in [0.25, 0.3) is 0 Å². The number of ether oxygens (including phenoxy) is 1. The molecule has 0 aliphatic carbocycles. The molecular formula is C25H16ClF3N2O5. The molecule has 1 heterocycles. The normalized spacial score (nSPS) is 12.9. The summed E-state index contributed by atoms with van der Waals surface area (Å²) >= 11 is 5.84. The lowest BCUT2D eigenvalue weighted by molar-refractivity contribution is -0.137. The third-order valence-corrected chi connectivity index (χ3v) is 5.62. The van der Waals surface area contributed by atoms with Crippen molar-refractivity contribution in [1.29, 1.82) is 0 Å². The molecule has 1 aliphatic rings. The lowest BCUT2D eigenvalue weighted by Crippen LogP contribution is -2.29. The number of nitrogens with zero attached hydrogens (tertiary/aromatic N) is 1. The molecule has 3 amide bonds. The molecule has 0 saturated heterocycles. The van der Waals surface area contributed by atoms with Crippen LogP contribution in [0, 0.1) is 0 Å². The molecule has 7 nitrogen and oxygen atoms in total. The Balaban J connectivity index is 1.41. The van der Waals surface area contributed by atoms with E-state index in [9.17, 15) is 32.3 Å². The third kappa shape index (κ3) is 5.23. The molecule has 0 saturated carbocycles. The fraction of sp³-hybridized carbons (Fsp3) is 0.120. The Morgan fingerprint density at radius 2 is 1.61 bits per heavy atom. The van der Waals surface area contributed by atoms with Crippen molar-refractivity contribution in [2.45, 2.75) is 12.7 Å². The predicted octanol–water partition coefficient (Wildman–Crippen LogP) is 4.95. The first-order chi connectivity index (χ1) is 17.0. The zero-order chi connectivity index (χ0) is 26.0. The van der Waals surface area contributed by atoms with Gasteiger partial charge >= 0.3 is 12.1 Å². The molecule has 3 aromatic carbocycles. The monoisotopic (exact) mass is 516 g/mol. The van der Waals surface area contributed by atoms with E-state index in [0.29, 0.717) is 6.07 Å². The zero-order valence-electron chi connectivity index (χ0n) is 18.3. The van der Waals surface area contributed by atoms with Crippen LogP contribution in [0.15, 0.2) is 66.7 Å². The Hall–Kier alpha value is -4.18. The van der Waals surface area contributed by atoms with Gasteiger partial charge in [-0.05, 0) is 42.0 Å². The highest BCUT2D eigenvalue weighted by Crippen LogP contribution is 2.34. The molecule has 0 bridgehead atoms. The highest BCUT2D eigenvalue weighted by Gasteiger charge is 2.36. The second-order valence-electron chi connectivity index (χ2n) is 7.76. The van der Waals surface area contributed by atoms with E-state index < -0.39 is 42.0 Å². The number of rotatable bonds is 6. The summed E-state index contributed by atoms with van der Waals surface area (Å²) in [4.78, 5) is 51.0. The number of amides is 3. The van der Waals surface area contributed by atoms with E-state index in [1.54, 1.807) is 30.3 Å². The molecule has 1 aliphatic heterocycles. The van der Waals surface area contributed by atoms with Crippen LogP contribution in [0.3, 0.4) is 0 Å². The summed E-state index contributed by atoms with van der Waals surface area (Å²) in [7, 11) is 0. The zero-order valence-corrected chi connectivity index (χ0v) is 19.0. The Morgan fingerprint density at radius 1 is 0.917 bits per heavy atom. The minimum Gasteiger partial charge on any atom is -0.452 e. The second kappa shape index (κ2) is 9.82. The first kappa shape index (κ1) is 24.9. The van der Waals surface area contributed by atoms with Crippen LogP contribution in [-0.4, -0.2) is 35.2 Å². The van der Waals surface area contributed by atoms with Gasteiger partial charge in [-0.3, -0.25) is 19.3 Å². The molecule has 0 aromatic heterocycles. The number of carbonyl (C=O) groups excluding carboxylic acids is 4. The lowest BCUT2D eigenvalue weighted by Gasteiger charge is -2.13. The molecule has 184 valence electrons. The van der Waals surface area contributed by atoms with Crippen molar-refractivity contribution in [3.63, 3.8) is 0 Å². The highest BCUT2D eigenvalue weighted by atomic mass is 35.5.